The molecule has 0 rings (SSSR count). The van der Waals surface area contributed by atoms with Crippen molar-refractivity contribution in [3.8, 4) is 0 Å². The number of ether oxygens (including phenoxy) is 48. The maximum atomic E-state index is 5.56. The van der Waals surface area contributed by atoms with E-state index in [1.54, 1.807) is 7.11 Å². The van der Waals surface area contributed by atoms with Crippen molar-refractivity contribution in [3.63, 3.8) is 0 Å². The minimum atomic E-state index is 0.471. The highest BCUT2D eigenvalue weighted by molar-refractivity contribution is 4.50. The SMILES string of the molecule is COCCOCCOCCOCCOCCOCCOCCOCCOCCOCCOCCOCCOCCOCCOCCOCCOCCOCCOCCOCCOCCOCCOCCOCCOCCOCCOCCOCCOCCOCCOCCOCCOCCOCCOCCOCCOCCOCCOCCOCCOCCOCCOCCOCCOCCOCCOCCOCCN. The van der Waals surface area contributed by atoms with Crippen molar-refractivity contribution in [2.45, 2.75) is 0 Å². The highest BCUT2D eigenvalue weighted by Gasteiger charge is 2.07. The van der Waals surface area contributed by atoms with E-state index in [9.17, 15) is 0 Å². The van der Waals surface area contributed by atoms with Gasteiger partial charge in [0.1, 0.15) is 0 Å². The molecule has 0 bridgehead atoms. The summed E-state index contributed by atoms with van der Waals surface area (Å²) in [4.78, 5) is 0. The maximum Gasteiger partial charge on any atom is 0.0701 e. The van der Waals surface area contributed by atoms with Gasteiger partial charge in [0.2, 0.25) is 0 Å². The predicted molar refractivity (Wildman–Crippen MR) is 529 cm³/mol. The van der Waals surface area contributed by atoms with Crippen LogP contribution in [0.25, 0.3) is 0 Å². The first-order valence-electron chi connectivity index (χ1n) is 52.2. The average molecular weight is 2150 g/mol. The van der Waals surface area contributed by atoms with E-state index in [2.05, 4.69) is 0 Å². The Kier molecular flexibility index (Phi) is 141. The molecule has 0 radical (unpaired) electrons. The van der Waals surface area contributed by atoms with Crippen LogP contribution in [0.2, 0.25) is 0 Å². The fourth-order valence-corrected chi connectivity index (χ4v) is 10.4. The molecule has 49 heteroatoms. The fraction of sp³-hybridized carbons (Fsp3) is 1.00. The average Bonchev–Trinajstić information content (AvgIpc) is 1.11. The highest BCUT2D eigenvalue weighted by Crippen LogP contribution is 1.98. The van der Waals surface area contributed by atoms with Crippen LogP contribution in [0.1, 0.15) is 0 Å². The van der Waals surface area contributed by atoms with Crippen LogP contribution in [0, 0.1) is 0 Å². The molecule has 0 aromatic rings. The number of nitrogens with two attached hydrogens (primary N) is 1. The van der Waals surface area contributed by atoms with Crippen LogP contribution in [0.15, 0.2) is 0 Å². The highest BCUT2D eigenvalue weighted by atomic mass is 16.7. The van der Waals surface area contributed by atoms with E-state index in [1.807, 2.05) is 0 Å². The second kappa shape index (κ2) is 143. The lowest BCUT2D eigenvalue weighted by atomic mass is 10.6. The Morgan fingerprint density at radius 3 is 0.151 bits per heavy atom. The van der Waals surface area contributed by atoms with Gasteiger partial charge in [-0.1, -0.05) is 0 Å². The topological polar surface area (TPSA) is 469 Å². The monoisotopic (exact) mass is 2140 g/mol. The number of rotatable bonds is 143. The molecule has 146 heavy (non-hydrogen) atoms. The van der Waals surface area contributed by atoms with E-state index in [4.69, 9.17) is 233 Å². The van der Waals surface area contributed by atoms with Crippen molar-refractivity contribution in [2.24, 2.45) is 5.73 Å². The molecular formula is C97H197NO48. The fourth-order valence-electron chi connectivity index (χ4n) is 10.4. The smallest absolute Gasteiger partial charge is 0.0701 e. The quantitative estimate of drug-likeness (QED) is 0.0804. The molecule has 0 aromatic carbocycles. The Morgan fingerprint density at radius 2 is 0.110 bits per heavy atom. The first-order valence-corrected chi connectivity index (χ1v) is 52.2. The molecule has 0 aromatic heterocycles. The third-order valence-electron chi connectivity index (χ3n) is 17.8. The largest absolute Gasteiger partial charge is 0.382 e. The summed E-state index contributed by atoms with van der Waals surface area (Å²) in [5.41, 5.74) is 5.36. The second-order valence-electron chi connectivity index (χ2n) is 29.6. The van der Waals surface area contributed by atoms with Gasteiger partial charge in [0, 0.05) is 13.7 Å². The van der Waals surface area contributed by atoms with Gasteiger partial charge >= 0.3 is 0 Å². The molecule has 0 amide bonds. The van der Waals surface area contributed by atoms with Gasteiger partial charge in [0.15, 0.2) is 0 Å². The first-order chi connectivity index (χ1) is 72.9. The van der Waals surface area contributed by atoms with Crippen molar-refractivity contribution in [3.05, 3.63) is 0 Å². The van der Waals surface area contributed by atoms with E-state index in [1.165, 1.54) is 0 Å². The van der Waals surface area contributed by atoms with E-state index in [0.717, 1.165) is 0 Å². The third-order valence-corrected chi connectivity index (χ3v) is 17.8. The molecule has 0 fully saturated rings. The molecule has 0 atom stereocenters. The Bertz CT molecular complexity index is 1850. The van der Waals surface area contributed by atoms with Crippen LogP contribution < -0.4 is 5.73 Å². The number of hydrogen-bond acceptors (Lipinski definition) is 49. The summed E-state index contributed by atoms with van der Waals surface area (Å²) < 4.78 is 264. The zero-order valence-electron chi connectivity index (χ0n) is 89.1. The molecule has 0 heterocycles. The van der Waals surface area contributed by atoms with Crippen molar-refractivity contribution >= 4 is 0 Å². The molecule has 0 aliphatic carbocycles. The summed E-state index contributed by atoms with van der Waals surface area (Å²) in [5.74, 6) is 0. The van der Waals surface area contributed by atoms with Crippen LogP contribution in [0.4, 0.5) is 0 Å². The van der Waals surface area contributed by atoms with Gasteiger partial charge in [-0.3, -0.25) is 0 Å². The number of methoxy groups -OCH3 is 1. The summed E-state index contributed by atoms with van der Waals surface area (Å²) in [7, 11) is 1.64. The molecule has 0 spiro atoms. The minimum absolute atomic E-state index is 0.471. The van der Waals surface area contributed by atoms with Crippen LogP contribution in [-0.4, -0.2) is 641 Å². The summed E-state index contributed by atoms with van der Waals surface area (Å²) in [6.45, 7) is 46.7. The van der Waals surface area contributed by atoms with Gasteiger partial charge in [0.05, 0.1) is 628 Å². The van der Waals surface area contributed by atoms with Crippen molar-refractivity contribution in [1.82, 2.24) is 0 Å². The lowest BCUT2D eigenvalue weighted by Crippen LogP contribution is -2.16. The van der Waals surface area contributed by atoms with Crippen LogP contribution >= 0.6 is 0 Å². The molecule has 0 aliphatic heterocycles. The lowest BCUT2D eigenvalue weighted by Gasteiger charge is -2.09. The summed E-state index contributed by atoms with van der Waals surface area (Å²) in [5, 5.41) is 0. The van der Waals surface area contributed by atoms with Crippen LogP contribution in [-0.2, 0) is 227 Å². The van der Waals surface area contributed by atoms with E-state index in [-0.39, 0.29) is 0 Å². The first kappa shape index (κ1) is 144. The van der Waals surface area contributed by atoms with Crippen molar-refractivity contribution in [2.75, 3.05) is 641 Å². The molecular weight excluding hydrogens is 1950 g/mol. The van der Waals surface area contributed by atoms with E-state index in [0.29, 0.717) is 634 Å². The van der Waals surface area contributed by atoms with Gasteiger partial charge in [-0.15, -0.1) is 0 Å². The summed E-state index contributed by atoms with van der Waals surface area (Å²) in [6, 6.07) is 0. The van der Waals surface area contributed by atoms with Crippen molar-refractivity contribution < 1.29 is 227 Å². The Hall–Kier alpha value is -1.96. The van der Waals surface area contributed by atoms with Crippen molar-refractivity contribution in [1.29, 1.82) is 0 Å². The molecule has 878 valence electrons. The predicted octanol–water partition coefficient (Wildman–Crippen LogP) is 0.372. The second-order valence-corrected chi connectivity index (χ2v) is 29.6. The van der Waals surface area contributed by atoms with E-state index >= 15 is 0 Å². The molecule has 0 saturated carbocycles. The van der Waals surface area contributed by atoms with Crippen LogP contribution in [0.3, 0.4) is 0 Å². The Balaban J connectivity index is 3.11. The normalized spacial score (nSPS) is 11.9. The Morgan fingerprint density at radius 1 is 0.0685 bits per heavy atom. The maximum absolute atomic E-state index is 5.56. The van der Waals surface area contributed by atoms with Gasteiger partial charge in [-0.2, -0.15) is 0 Å². The molecule has 49 nitrogen and oxygen atoms in total. The molecule has 2 N–H and O–H groups in total. The lowest BCUT2D eigenvalue weighted by molar-refractivity contribution is -0.0330. The summed E-state index contributed by atoms with van der Waals surface area (Å²) >= 11 is 0. The molecule has 0 aliphatic rings. The molecule has 0 unspecified atom stereocenters. The van der Waals surface area contributed by atoms with Gasteiger partial charge in [0.25, 0.3) is 0 Å². The zero-order chi connectivity index (χ0) is 104. The van der Waals surface area contributed by atoms with Gasteiger partial charge < -0.3 is 233 Å². The van der Waals surface area contributed by atoms with E-state index < -0.39 is 0 Å². The third kappa shape index (κ3) is 142. The van der Waals surface area contributed by atoms with Gasteiger partial charge in [-0.05, 0) is 0 Å². The number of hydrogen-bond donors (Lipinski definition) is 1. The Labute approximate surface area is 871 Å². The zero-order valence-corrected chi connectivity index (χ0v) is 89.1. The van der Waals surface area contributed by atoms with Gasteiger partial charge in [-0.25, -0.2) is 0 Å². The molecule has 0 saturated heterocycles. The minimum Gasteiger partial charge on any atom is -0.382 e. The van der Waals surface area contributed by atoms with Crippen LogP contribution in [0.5, 0.6) is 0 Å². The standard InChI is InChI=1S/C97H197NO48/c1-99-4-5-101-8-9-103-12-13-105-16-17-107-20-21-109-24-25-111-28-29-113-32-33-115-36-37-117-40-41-119-44-45-121-48-49-123-52-53-125-56-57-127-60-61-129-64-65-131-68-69-133-72-73-135-76-77-137-80-81-139-84-85-141-88-89-143-92-93-145-96-97-146-95-94-144-91-90-142-87-86-140-83-82-138-79-78-136-75-74-134-71-70-132-67-66-130-63-62-128-59-58-126-55-54-124-51-50-122-47-46-120-43-42-118-39-38-116-35-34-114-31-30-112-27-26-110-23-22-108-19-18-106-15-14-104-11-10-102-7-6-100-3-2-98/h2-98H2,1H3. The summed E-state index contributed by atoms with van der Waals surface area (Å²) in [6.07, 6.45) is 0.